The van der Waals surface area contributed by atoms with Crippen LogP contribution < -0.4 is 29.6 Å². The fourth-order valence-electron chi connectivity index (χ4n) is 0.381. The third-order valence-electron chi connectivity index (χ3n) is 1.15. The maximum Gasteiger partial charge on any atom is 1.00 e. The van der Waals surface area contributed by atoms with E-state index in [2.05, 4.69) is 0 Å². The molecule has 0 N–H and O–H groups in total. The molecule has 0 saturated carbocycles. The van der Waals surface area contributed by atoms with Crippen LogP contribution in [0.1, 0.15) is 0 Å². The second-order valence-electron chi connectivity index (χ2n) is 2.20. The molecule has 0 fully saturated rings. The zero-order valence-electron chi connectivity index (χ0n) is 6.81. The zero-order valence-corrected chi connectivity index (χ0v) is 8.81. The van der Waals surface area contributed by atoms with Crippen LogP contribution in [0, 0.1) is 6.92 Å². The molecule has 0 aliphatic rings. The van der Waals surface area contributed by atoms with Crippen molar-refractivity contribution in [1.82, 2.24) is 0 Å². The van der Waals surface area contributed by atoms with E-state index in [9.17, 15) is 35.1 Å². The van der Waals surface area contributed by atoms with Crippen LogP contribution in [0.25, 0.3) is 0 Å². The Morgan fingerprint density at radius 2 is 1.14 bits per heavy atom. The summed E-state index contributed by atoms with van der Waals surface area (Å²) in [6.45, 7) is 1.39. The first-order valence-corrected chi connectivity index (χ1v) is 2.71. The van der Waals surface area contributed by atoms with Gasteiger partial charge in [-0.2, -0.15) is 17.6 Å². The van der Waals surface area contributed by atoms with Gasteiger partial charge >= 0.3 is 47.8 Å². The van der Waals surface area contributed by atoms with Crippen LogP contribution in [-0.2, 0) is 0 Å². The summed E-state index contributed by atoms with van der Waals surface area (Å²) in [5.41, 5.74) is 0. The fraction of sp³-hybridized carbons (Fsp3) is 0.800. The minimum atomic E-state index is -6.17. The van der Waals surface area contributed by atoms with Crippen LogP contribution >= 0.6 is 0 Å². The van der Waals surface area contributed by atoms with Gasteiger partial charge in [-0.1, -0.05) is 0 Å². The van der Waals surface area contributed by atoms with Crippen LogP contribution in [0.5, 0.6) is 0 Å². The van der Waals surface area contributed by atoms with Crippen LogP contribution in [0.3, 0.4) is 0 Å². The number of alkyl halides is 8. The molecule has 0 aromatic carbocycles. The number of hydrogen-bond acceptors (Lipinski definition) is 0. The molecular weight excluding hydrogens is 235 g/mol. The smallest absolute Gasteiger partial charge is 0.268 e. The molecule has 14 heavy (non-hydrogen) atoms. The van der Waals surface area contributed by atoms with E-state index < -0.39 is 24.2 Å². The summed E-state index contributed by atoms with van der Waals surface area (Å²) in [5.74, 6) is -17.7. The average molecular weight is 238 g/mol. The minimum Gasteiger partial charge on any atom is -0.268 e. The SMILES string of the molecule is [CH2-]C(F)(F)C(F)(F)C(F)(F)C(F)F.[Na+]. The van der Waals surface area contributed by atoms with E-state index >= 15 is 0 Å². The third-order valence-corrected chi connectivity index (χ3v) is 1.15. The molecule has 0 aromatic rings. The zero-order chi connectivity index (χ0) is 11.1. The van der Waals surface area contributed by atoms with E-state index in [1.165, 1.54) is 6.92 Å². The van der Waals surface area contributed by atoms with Crippen molar-refractivity contribution in [2.45, 2.75) is 24.2 Å². The molecule has 80 valence electrons. The predicted octanol–water partition coefficient (Wildman–Crippen LogP) is -0.00451. The Kier molecular flexibility index (Phi) is 5.45. The summed E-state index contributed by atoms with van der Waals surface area (Å²) < 4.78 is 93.3. The van der Waals surface area contributed by atoms with Crippen LogP contribution in [0.2, 0.25) is 0 Å². The molecule has 0 unspecified atom stereocenters. The Hall–Kier alpha value is 0.440. The molecule has 0 radical (unpaired) electrons. The van der Waals surface area contributed by atoms with Crippen LogP contribution in [-0.4, -0.2) is 24.2 Å². The quantitative estimate of drug-likeness (QED) is 0.368. The molecule has 0 amide bonds. The summed E-state index contributed by atoms with van der Waals surface area (Å²) in [6.07, 6.45) is -4.88. The first-order valence-electron chi connectivity index (χ1n) is 2.71. The van der Waals surface area contributed by atoms with Crippen molar-refractivity contribution < 1.29 is 64.7 Å². The van der Waals surface area contributed by atoms with Crippen molar-refractivity contribution in [2.75, 3.05) is 0 Å². The summed E-state index contributed by atoms with van der Waals surface area (Å²) in [6, 6.07) is 0. The van der Waals surface area contributed by atoms with E-state index in [4.69, 9.17) is 0 Å². The Balaban J connectivity index is 0. The van der Waals surface area contributed by atoms with Crippen molar-refractivity contribution in [2.24, 2.45) is 0 Å². The molecule has 0 aliphatic carbocycles. The normalized spacial score (nSPS) is 14.1. The molecule has 9 heteroatoms. The summed E-state index contributed by atoms with van der Waals surface area (Å²) >= 11 is 0. The van der Waals surface area contributed by atoms with Gasteiger partial charge in [0.2, 0.25) is 0 Å². The van der Waals surface area contributed by atoms with Gasteiger partial charge in [-0.25, -0.2) is 17.6 Å². The minimum absolute atomic E-state index is 0. The average Bonchev–Trinajstić information content (AvgIpc) is 1.84. The van der Waals surface area contributed by atoms with Gasteiger partial charge in [0.25, 0.3) is 0 Å². The van der Waals surface area contributed by atoms with E-state index in [0.717, 1.165) is 0 Å². The molecule has 0 aromatic heterocycles. The predicted molar refractivity (Wildman–Crippen MR) is 26.2 cm³/mol. The first kappa shape index (κ1) is 16.9. The molecule has 0 heterocycles. The maximum absolute atomic E-state index is 11.9. The van der Waals surface area contributed by atoms with E-state index in [1.54, 1.807) is 0 Å². The summed E-state index contributed by atoms with van der Waals surface area (Å²) in [5, 5.41) is 0. The van der Waals surface area contributed by atoms with E-state index in [1.807, 2.05) is 0 Å². The van der Waals surface area contributed by atoms with Crippen molar-refractivity contribution in [1.29, 1.82) is 0 Å². The molecule has 0 saturated heterocycles. The standard InChI is InChI=1S/C5H3F8.Na/c1-3(8,9)5(12,13)4(10,11)2(6)7;/h2H,1H2;/q-1;+1. The molecule has 0 rings (SSSR count). The van der Waals surface area contributed by atoms with Crippen molar-refractivity contribution >= 4 is 0 Å². The topological polar surface area (TPSA) is 0 Å². The van der Waals surface area contributed by atoms with Gasteiger partial charge in [0.05, 0.1) is 0 Å². The van der Waals surface area contributed by atoms with Crippen LogP contribution in [0.4, 0.5) is 35.1 Å². The molecular formula is C5H3F8Na. The molecule has 0 bridgehead atoms. The number of hydrogen-bond donors (Lipinski definition) is 0. The van der Waals surface area contributed by atoms with Gasteiger partial charge in [-0.05, 0) is 0 Å². The number of halogens is 8. The molecule has 0 aliphatic heterocycles. The van der Waals surface area contributed by atoms with E-state index in [-0.39, 0.29) is 29.6 Å². The van der Waals surface area contributed by atoms with Crippen molar-refractivity contribution in [3.8, 4) is 0 Å². The van der Waals surface area contributed by atoms with Crippen molar-refractivity contribution in [3.63, 3.8) is 0 Å². The van der Waals surface area contributed by atoms with Crippen LogP contribution in [0.15, 0.2) is 0 Å². The summed E-state index contributed by atoms with van der Waals surface area (Å²) in [7, 11) is 0. The largest absolute Gasteiger partial charge is 1.00 e. The second kappa shape index (κ2) is 4.52. The Labute approximate surface area is 95.9 Å². The summed E-state index contributed by atoms with van der Waals surface area (Å²) in [4.78, 5) is 0. The molecule has 0 nitrogen and oxygen atoms in total. The first-order chi connectivity index (χ1) is 5.44. The number of rotatable bonds is 3. The van der Waals surface area contributed by atoms with Crippen molar-refractivity contribution in [3.05, 3.63) is 6.92 Å². The third kappa shape index (κ3) is 2.73. The fourth-order valence-corrected chi connectivity index (χ4v) is 0.381. The second-order valence-corrected chi connectivity index (χ2v) is 2.20. The Bertz CT molecular complexity index is 183. The van der Waals surface area contributed by atoms with E-state index in [0.29, 0.717) is 0 Å². The van der Waals surface area contributed by atoms with Gasteiger partial charge in [-0.3, -0.25) is 6.92 Å². The van der Waals surface area contributed by atoms with Gasteiger partial charge in [-0.15, -0.1) is 0 Å². The van der Waals surface area contributed by atoms with Gasteiger partial charge in [0.1, 0.15) is 0 Å². The Morgan fingerprint density at radius 3 is 1.21 bits per heavy atom. The molecule has 0 atom stereocenters. The van der Waals surface area contributed by atoms with Gasteiger partial charge in [0, 0.05) is 0 Å². The molecule has 0 spiro atoms. The maximum atomic E-state index is 11.9. The van der Waals surface area contributed by atoms with Gasteiger partial charge in [0.15, 0.2) is 5.92 Å². The Morgan fingerprint density at radius 1 is 0.857 bits per heavy atom. The monoisotopic (exact) mass is 238 g/mol. The van der Waals surface area contributed by atoms with Gasteiger partial charge < -0.3 is 0 Å².